The summed E-state index contributed by atoms with van der Waals surface area (Å²) in [7, 11) is -7.43. The number of rotatable bonds is 8. The molecule has 2 aliphatic rings. The molecule has 6 heterocycles. The third-order valence-electron chi connectivity index (χ3n) is 16.5. The van der Waals surface area contributed by atoms with E-state index in [0.717, 1.165) is 86.9 Å². The van der Waals surface area contributed by atoms with Crippen LogP contribution in [-0.2, 0) is 30.5 Å². The van der Waals surface area contributed by atoms with Gasteiger partial charge in [-0.15, -0.1) is 12.6 Å². The summed E-state index contributed by atoms with van der Waals surface area (Å²) < 4.78 is 59.5. The van der Waals surface area contributed by atoms with E-state index < -0.39 is 19.7 Å². The second-order valence-corrected chi connectivity index (χ2v) is 35.4. The van der Waals surface area contributed by atoms with Gasteiger partial charge in [0.15, 0.2) is 10.1 Å². The normalized spacial score (nSPS) is 13.0. The van der Waals surface area contributed by atoms with E-state index in [1.807, 2.05) is 124 Å². The lowest BCUT2D eigenvalue weighted by molar-refractivity contribution is 0.590. The summed E-state index contributed by atoms with van der Waals surface area (Å²) in [6.07, 6.45) is 0. The average Bonchev–Trinajstić information content (AvgIpc) is 0.731. The highest BCUT2D eigenvalue weighted by atomic mass is 79.9. The summed E-state index contributed by atoms with van der Waals surface area (Å²) in [4.78, 5) is 24.5. The number of fused-ring (bicyclic) bond motifs is 4. The summed E-state index contributed by atoms with van der Waals surface area (Å²) in [5.41, 5.74) is 13.9. The fourth-order valence-corrected chi connectivity index (χ4v) is 16.6. The maximum atomic E-state index is 14.0. The van der Waals surface area contributed by atoms with Crippen LogP contribution in [0.5, 0.6) is 0 Å². The van der Waals surface area contributed by atoms with Crippen LogP contribution in [0.4, 0.5) is 34.1 Å². The molecule has 0 aliphatic carbocycles. The Hall–Kier alpha value is -6.08. The Balaban J connectivity index is 0.000000167. The molecule has 0 unspecified atom stereocenters. The van der Waals surface area contributed by atoms with Crippen LogP contribution in [-0.4, -0.2) is 36.8 Å². The molecule has 0 saturated carbocycles. The predicted molar refractivity (Wildman–Crippen MR) is 431 cm³/mol. The monoisotopic (exact) mass is 1830 g/mol. The topological polar surface area (TPSA) is 126 Å². The van der Waals surface area contributed by atoms with Gasteiger partial charge in [0, 0.05) is 53.1 Å². The number of sulfone groups is 2. The highest BCUT2D eigenvalue weighted by Crippen LogP contribution is 2.54. The van der Waals surface area contributed by atoms with Crippen molar-refractivity contribution in [1.82, 2.24) is 19.9 Å². The Bertz CT molecular complexity index is 5030. The van der Waals surface area contributed by atoms with E-state index in [4.69, 9.17) is 4.98 Å². The molecule has 4 aromatic heterocycles. The fourth-order valence-electron chi connectivity index (χ4n) is 11.2. The van der Waals surface area contributed by atoms with Gasteiger partial charge in [0.2, 0.25) is 19.7 Å². The average molecular weight is 1840 g/mol. The largest absolute Gasteiger partial charge is 0.310 e. The Morgan fingerprint density at radius 1 is 0.354 bits per heavy atom. The Morgan fingerprint density at radius 3 is 1.11 bits per heavy atom. The molecule has 8 aromatic carbocycles. The van der Waals surface area contributed by atoms with Gasteiger partial charge in [0.25, 0.3) is 0 Å². The van der Waals surface area contributed by atoms with Gasteiger partial charge in [0.05, 0.1) is 61.0 Å². The number of para-hydroxylation sites is 4. The zero-order valence-corrected chi connectivity index (χ0v) is 69.2. The van der Waals surface area contributed by atoms with Gasteiger partial charge in [-0.3, -0.25) is 0 Å². The SMILES string of the molecule is Cc1nc(Br)ccc1Br.Cc1nc(S(=O)(=O)c2ccc(Br)cc2)ccc1Br.Cc1nc(S(=O)(=O)c2ccc(N3c4ccccc4C(C)(C)c4ccccc43)cc2)ccc1N1c2ccccc2C(C)(C)c2ccccc21.Cc1nc(Sc2ccc(Br)cc2)ccc1Br.Sc1ccc(Br)cc1. The first-order valence-electron chi connectivity index (χ1n) is 30.8. The third-order valence-corrected chi connectivity index (χ3v) is 25.6. The van der Waals surface area contributed by atoms with Gasteiger partial charge in [-0.25, -0.2) is 36.8 Å². The molecule has 0 radical (unpaired) electrons. The molecule has 0 spiro atoms. The van der Waals surface area contributed by atoms with E-state index in [0.29, 0.717) is 11.4 Å². The van der Waals surface area contributed by atoms with E-state index in [1.165, 1.54) is 33.2 Å². The summed E-state index contributed by atoms with van der Waals surface area (Å²) in [5, 5.41) is 1.11. The van der Waals surface area contributed by atoms with Crippen molar-refractivity contribution in [3.63, 3.8) is 0 Å². The molecule has 0 amide bonds. The number of benzene rings is 8. The van der Waals surface area contributed by atoms with Crippen molar-refractivity contribution in [2.45, 2.75) is 101 Å². The maximum absolute atomic E-state index is 14.0. The van der Waals surface area contributed by atoms with Crippen LogP contribution in [0.1, 0.15) is 72.7 Å². The van der Waals surface area contributed by atoms with E-state index in [-0.39, 0.29) is 30.7 Å². The number of anilines is 6. The first-order chi connectivity index (χ1) is 47.1. The maximum Gasteiger partial charge on any atom is 0.223 e. The van der Waals surface area contributed by atoms with E-state index in [2.05, 4.69) is 262 Å². The van der Waals surface area contributed by atoms with Crippen molar-refractivity contribution < 1.29 is 16.8 Å². The minimum atomic E-state index is -3.88. The number of halogens is 7. The quantitative estimate of drug-likeness (QED) is 0.115. The number of nitrogens with zero attached hydrogens (tertiary/aromatic N) is 6. The number of hydrogen-bond donors (Lipinski definition) is 1. The third kappa shape index (κ3) is 17.5. The minimum Gasteiger partial charge on any atom is -0.310 e. The van der Waals surface area contributed by atoms with Crippen LogP contribution in [0.25, 0.3) is 0 Å². The lowest BCUT2D eigenvalue weighted by Crippen LogP contribution is -2.30. The molecule has 0 bridgehead atoms. The van der Waals surface area contributed by atoms with Crippen molar-refractivity contribution in [2.24, 2.45) is 0 Å². The highest BCUT2D eigenvalue weighted by Gasteiger charge is 2.39. The van der Waals surface area contributed by atoms with Gasteiger partial charge in [-0.1, -0.05) is 160 Å². The van der Waals surface area contributed by atoms with Crippen LogP contribution in [0.15, 0.2) is 309 Å². The second kappa shape index (κ2) is 32.5. The van der Waals surface area contributed by atoms with Crippen molar-refractivity contribution in [1.29, 1.82) is 0 Å². The molecule has 0 fully saturated rings. The lowest BCUT2D eigenvalue weighted by Gasteiger charge is -2.42. The van der Waals surface area contributed by atoms with Crippen LogP contribution in [0, 0.1) is 27.7 Å². The molecule has 0 saturated heterocycles. The number of thiol groups is 1. The van der Waals surface area contributed by atoms with Gasteiger partial charge in [-0.2, -0.15) is 0 Å². The molecule has 0 atom stereocenters. The van der Waals surface area contributed by atoms with Crippen LogP contribution in [0.2, 0.25) is 0 Å². The molecule has 0 N–H and O–H groups in total. The predicted octanol–water partition coefficient (Wildman–Crippen LogP) is 24.9. The van der Waals surface area contributed by atoms with Crippen molar-refractivity contribution in [2.75, 3.05) is 9.80 Å². The van der Waals surface area contributed by atoms with E-state index >= 15 is 0 Å². The van der Waals surface area contributed by atoms with Crippen molar-refractivity contribution in [3.8, 4) is 0 Å². The number of pyridine rings is 4. The molecule has 2 aliphatic heterocycles. The molecule has 99 heavy (non-hydrogen) atoms. The Kier molecular flexibility index (Phi) is 24.8. The molecular weight excluding hydrogens is 1770 g/mol. The Labute approximate surface area is 649 Å². The molecule has 10 nitrogen and oxygen atoms in total. The van der Waals surface area contributed by atoms with Crippen molar-refractivity contribution >= 4 is 190 Å². The first kappa shape index (κ1) is 75.6. The first-order valence-corrected chi connectivity index (χ1v) is 40.6. The zero-order valence-electron chi connectivity index (χ0n) is 54.7. The molecule has 14 rings (SSSR count). The van der Waals surface area contributed by atoms with E-state index in [9.17, 15) is 16.8 Å². The van der Waals surface area contributed by atoms with Gasteiger partial charge < -0.3 is 9.80 Å². The summed E-state index contributed by atoms with van der Waals surface area (Å²) in [6.45, 7) is 16.6. The molecular formula is C78H65Br7N6O4S4. The van der Waals surface area contributed by atoms with Crippen LogP contribution >= 0.6 is 136 Å². The fraction of sp³-hybridized carbons (Fsp3) is 0.128. The zero-order chi connectivity index (χ0) is 71.1. The van der Waals surface area contributed by atoms with E-state index in [1.54, 1.807) is 67.2 Å². The van der Waals surface area contributed by atoms with Crippen LogP contribution in [0.3, 0.4) is 0 Å². The molecule has 12 aromatic rings. The van der Waals surface area contributed by atoms with Gasteiger partial charge >= 0.3 is 0 Å². The summed E-state index contributed by atoms with van der Waals surface area (Å²) in [6, 6.07) is 78.0. The van der Waals surface area contributed by atoms with Crippen molar-refractivity contribution in [3.05, 3.63) is 319 Å². The molecule has 504 valence electrons. The number of hydrogen-bond acceptors (Lipinski definition) is 12. The molecule has 21 heteroatoms. The number of aromatic nitrogens is 4. The van der Waals surface area contributed by atoms with Gasteiger partial charge in [-0.05, 0) is 284 Å². The second-order valence-electron chi connectivity index (χ2n) is 23.9. The minimum absolute atomic E-state index is 0.0332. The van der Waals surface area contributed by atoms with Gasteiger partial charge in [0.1, 0.15) is 9.63 Å². The smallest absolute Gasteiger partial charge is 0.223 e. The Morgan fingerprint density at radius 2 is 0.707 bits per heavy atom. The number of aryl methyl sites for hydroxylation is 4. The van der Waals surface area contributed by atoms with Crippen LogP contribution < -0.4 is 9.80 Å². The summed E-state index contributed by atoms with van der Waals surface area (Å²) in [5.74, 6) is 0. The lowest BCUT2D eigenvalue weighted by atomic mass is 9.73. The highest BCUT2D eigenvalue weighted by molar-refractivity contribution is 9.11. The standard InChI is InChI=1S/C42H37N3O2S.C12H9Br2NO2S.C12H9Br2NS.C6H5Br2N.C6H5BrS/c1-28-35(45-38-20-12-8-16-33(38)42(4,5)34-17-9-13-21-39(34)45)26-27-40(43-28)48(46,47)30-24-22-29(23-25-30)44-36-18-10-6-14-31(36)41(2,3)32-15-7-11-19-37(32)44;1-8-11(14)6-7-12(15-8)18(16,17)10-4-2-9(13)3-5-10;1-8-11(14)6-7-12(15-8)16-10-4-2-9(13)3-5-10;1-4-5(7)2-3-6(8)9-4;7-5-1-3-6(8)4-2-5/h6-27H,1-5H3;2-7H,1H3;2-7H,1H3;2-3H,1H3;1-4,8H. The summed E-state index contributed by atoms with van der Waals surface area (Å²) >= 11 is 29.1.